The molecule has 0 unspecified atom stereocenters. The Hall–Kier alpha value is -2.77. The molecule has 0 saturated heterocycles. The fourth-order valence-electron chi connectivity index (χ4n) is 1.95. The Bertz CT molecular complexity index is 705. The average molecular weight is 288 g/mol. The molecule has 1 amide bonds. The first-order valence-corrected chi connectivity index (χ1v) is 6.39. The summed E-state index contributed by atoms with van der Waals surface area (Å²) in [6.45, 7) is 3.82. The van der Waals surface area contributed by atoms with Crippen LogP contribution in [0.15, 0.2) is 17.2 Å². The number of anilines is 1. The molecule has 0 aromatic carbocycles. The monoisotopic (exact) mass is 288 g/mol. The number of nitrogen functional groups attached to an aromatic ring is 1. The number of hydrogen-bond acceptors (Lipinski definition) is 6. The summed E-state index contributed by atoms with van der Waals surface area (Å²) in [7, 11) is 0. The molecule has 0 saturated carbocycles. The van der Waals surface area contributed by atoms with Crippen molar-refractivity contribution in [3.63, 3.8) is 0 Å². The second-order valence-corrected chi connectivity index (χ2v) is 4.54. The zero-order chi connectivity index (χ0) is 15.4. The molecule has 0 aliphatic heterocycles. The Morgan fingerprint density at radius 1 is 1.33 bits per heavy atom. The third-order valence-electron chi connectivity index (χ3n) is 2.91. The molecule has 0 radical (unpaired) electrons. The zero-order valence-corrected chi connectivity index (χ0v) is 11.8. The van der Waals surface area contributed by atoms with Gasteiger partial charge in [0.25, 0.3) is 11.5 Å². The van der Waals surface area contributed by atoms with E-state index in [-0.39, 0.29) is 17.3 Å². The van der Waals surface area contributed by atoms with Crippen molar-refractivity contribution < 1.29 is 4.79 Å². The minimum absolute atomic E-state index is 0.156. The van der Waals surface area contributed by atoms with Crippen molar-refractivity contribution in [2.24, 2.45) is 0 Å². The molecule has 0 fully saturated rings. The van der Waals surface area contributed by atoms with Crippen LogP contribution in [-0.4, -0.2) is 32.4 Å². The summed E-state index contributed by atoms with van der Waals surface area (Å²) in [5.74, 6) is 0.332. The molecule has 0 aliphatic carbocycles. The van der Waals surface area contributed by atoms with Crippen LogP contribution in [0.2, 0.25) is 0 Å². The van der Waals surface area contributed by atoms with Crippen LogP contribution in [0.3, 0.4) is 0 Å². The van der Waals surface area contributed by atoms with Gasteiger partial charge < -0.3 is 16.0 Å². The van der Waals surface area contributed by atoms with E-state index in [9.17, 15) is 9.59 Å². The SMILES string of the molecule is Cc1ncnc(C)c1C(=O)NCCc1nc(N)cc(=O)[nH]1. The molecule has 4 N–H and O–H groups in total. The second-order valence-electron chi connectivity index (χ2n) is 4.54. The number of nitrogens with zero attached hydrogens (tertiary/aromatic N) is 3. The fourth-order valence-corrected chi connectivity index (χ4v) is 1.95. The lowest BCUT2D eigenvalue weighted by atomic mass is 10.1. The van der Waals surface area contributed by atoms with Crippen LogP contribution >= 0.6 is 0 Å². The van der Waals surface area contributed by atoms with Gasteiger partial charge in [0.05, 0.1) is 17.0 Å². The highest BCUT2D eigenvalue weighted by Gasteiger charge is 2.13. The Labute approximate surface area is 120 Å². The largest absolute Gasteiger partial charge is 0.383 e. The number of aromatic nitrogens is 4. The summed E-state index contributed by atoms with van der Waals surface area (Å²) >= 11 is 0. The molecule has 8 heteroatoms. The summed E-state index contributed by atoms with van der Waals surface area (Å²) in [6, 6.07) is 1.20. The van der Waals surface area contributed by atoms with E-state index in [0.29, 0.717) is 35.7 Å². The third-order valence-corrected chi connectivity index (χ3v) is 2.91. The molecule has 2 rings (SSSR count). The number of carbonyl (C=O) groups is 1. The number of H-pyrrole nitrogens is 1. The van der Waals surface area contributed by atoms with Gasteiger partial charge in [-0.2, -0.15) is 0 Å². The van der Waals surface area contributed by atoms with Crippen LogP contribution in [0.5, 0.6) is 0 Å². The van der Waals surface area contributed by atoms with E-state index in [1.807, 2.05) is 0 Å². The molecule has 2 aromatic rings. The summed E-state index contributed by atoms with van der Waals surface area (Å²) in [6.07, 6.45) is 1.79. The highest BCUT2D eigenvalue weighted by atomic mass is 16.1. The molecule has 0 spiro atoms. The molecule has 8 nitrogen and oxygen atoms in total. The Morgan fingerprint density at radius 3 is 2.62 bits per heavy atom. The summed E-state index contributed by atoms with van der Waals surface area (Å²) in [5.41, 5.74) is 6.88. The molecular formula is C13H16N6O2. The number of aryl methyl sites for hydroxylation is 2. The van der Waals surface area contributed by atoms with E-state index in [0.717, 1.165) is 0 Å². The van der Waals surface area contributed by atoms with Crippen molar-refractivity contribution in [2.45, 2.75) is 20.3 Å². The quantitative estimate of drug-likeness (QED) is 0.711. The number of amides is 1. The van der Waals surface area contributed by atoms with Gasteiger partial charge in [0, 0.05) is 19.0 Å². The topological polar surface area (TPSA) is 127 Å². The number of nitrogens with one attached hydrogen (secondary N) is 2. The standard InChI is InChI=1S/C13H16N6O2/c1-7-12(8(2)17-6-16-7)13(21)15-4-3-10-18-9(14)5-11(20)19-10/h5-6H,3-4H2,1-2H3,(H,15,21)(H3,14,18,19,20). The summed E-state index contributed by atoms with van der Waals surface area (Å²) < 4.78 is 0. The van der Waals surface area contributed by atoms with Crippen LogP contribution in [-0.2, 0) is 6.42 Å². The molecule has 2 aromatic heterocycles. The molecule has 0 atom stereocenters. The van der Waals surface area contributed by atoms with E-state index in [2.05, 4.69) is 25.3 Å². The first kappa shape index (κ1) is 14.6. The zero-order valence-electron chi connectivity index (χ0n) is 11.8. The van der Waals surface area contributed by atoms with Crippen molar-refractivity contribution in [1.29, 1.82) is 0 Å². The number of rotatable bonds is 4. The minimum Gasteiger partial charge on any atom is -0.383 e. The fraction of sp³-hybridized carbons (Fsp3) is 0.308. The maximum Gasteiger partial charge on any atom is 0.254 e. The van der Waals surface area contributed by atoms with Crippen molar-refractivity contribution in [3.05, 3.63) is 45.5 Å². The van der Waals surface area contributed by atoms with Crippen LogP contribution in [0.25, 0.3) is 0 Å². The Balaban J connectivity index is 2.00. The molecule has 0 aliphatic rings. The van der Waals surface area contributed by atoms with Crippen LogP contribution in [0.1, 0.15) is 27.6 Å². The highest BCUT2D eigenvalue weighted by Crippen LogP contribution is 2.07. The smallest absolute Gasteiger partial charge is 0.254 e. The molecule has 21 heavy (non-hydrogen) atoms. The molecule has 110 valence electrons. The lowest BCUT2D eigenvalue weighted by Crippen LogP contribution is -2.28. The lowest BCUT2D eigenvalue weighted by molar-refractivity contribution is 0.0952. The van der Waals surface area contributed by atoms with Gasteiger partial charge in [0.15, 0.2) is 0 Å². The van der Waals surface area contributed by atoms with Gasteiger partial charge in [0.1, 0.15) is 18.0 Å². The van der Waals surface area contributed by atoms with Gasteiger partial charge >= 0.3 is 0 Å². The first-order chi connectivity index (χ1) is 9.97. The number of hydrogen-bond donors (Lipinski definition) is 3. The third kappa shape index (κ3) is 3.62. The van der Waals surface area contributed by atoms with Gasteiger partial charge in [-0.1, -0.05) is 0 Å². The minimum atomic E-state index is -0.313. The molecule has 0 bridgehead atoms. The van der Waals surface area contributed by atoms with E-state index >= 15 is 0 Å². The molecular weight excluding hydrogens is 272 g/mol. The summed E-state index contributed by atoms with van der Waals surface area (Å²) in [5, 5.41) is 2.75. The van der Waals surface area contributed by atoms with Crippen molar-refractivity contribution in [3.8, 4) is 0 Å². The second kappa shape index (κ2) is 6.12. The first-order valence-electron chi connectivity index (χ1n) is 6.39. The number of aromatic amines is 1. The number of nitrogens with two attached hydrogens (primary N) is 1. The van der Waals surface area contributed by atoms with Crippen LogP contribution < -0.4 is 16.6 Å². The van der Waals surface area contributed by atoms with Gasteiger partial charge in [-0.25, -0.2) is 15.0 Å². The van der Waals surface area contributed by atoms with Gasteiger partial charge in [-0.15, -0.1) is 0 Å². The van der Waals surface area contributed by atoms with Crippen molar-refractivity contribution >= 4 is 11.7 Å². The predicted molar refractivity (Wildman–Crippen MR) is 76.8 cm³/mol. The lowest BCUT2D eigenvalue weighted by Gasteiger charge is -2.08. The van der Waals surface area contributed by atoms with E-state index < -0.39 is 0 Å². The van der Waals surface area contributed by atoms with Crippen molar-refractivity contribution in [1.82, 2.24) is 25.3 Å². The van der Waals surface area contributed by atoms with Gasteiger partial charge in [-0.3, -0.25) is 9.59 Å². The maximum absolute atomic E-state index is 12.1. The summed E-state index contributed by atoms with van der Waals surface area (Å²) in [4.78, 5) is 37.9. The predicted octanol–water partition coefficient (Wildman–Crippen LogP) is -0.269. The van der Waals surface area contributed by atoms with Gasteiger partial charge in [0.2, 0.25) is 0 Å². The van der Waals surface area contributed by atoms with Crippen LogP contribution in [0.4, 0.5) is 5.82 Å². The van der Waals surface area contributed by atoms with Crippen molar-refractivity contribution in [2.75, 3.05) is 12.3 Å². The van der Waals surface area contributed by atoms with E-state index in [1.165, 1.54) is 12.4 Å². The average Bonchev–Trinajstić information content (AvgIpc) is 2.37. The molecule has 2 heterocycles. The van der Waals surface area contributed by atoms with Gasteiger partial charge in [-0.05, 0) is 13.8 Å². The Morgan fingerprint density at radius 2 is 2.00 bits per heavy atom. The normalized spacial score (nSPS) is 10.4. The Kier molecular flexibility index (Phi) is 4.27. The van der Waals surface area contributed by atoms with E-state index in [4.69, 9.17) is 5.73 Å². The van der Waals surface area contributed by atoms with Crippen LogP contribution in [0, 0.1) is 13.8 Å². The number of carbonyl (C=O) groups excluding carboxylic acids is 1. The maximum atomic E-state index is 12.1. The van der Waals surface area contributed by atoms with E-state index in [1.54, 1.807) is 13.8 Å². The highest BCUT2D eigenvalue weighted by molar-refractivity contribution is 5.96.